The van der Waals surface area contributed by atoms with Gasteiger partial charge in [-0.1, -0.05) is 49.7 Å². The van der Waals surface area contributed by atoms with E-state index in [2.05, 4.69) is 62.5 Å². The molecular formula is C18H25NO. The summed E-state index contributed by atoms with van der Waals surface area (Å²) >= 11 is 0. The molecule has 0 radical (unpaired) electrons. The smallest absolute Gasteiger partial charge is 0.132 e. The van der Waals surface area contributed by atoms with Gasteiger partial charge in [0.1, 0.15) is 5.75 Å². The van der Waals surface area contributed by atoms with E-state index in [9.17, 15) is 0 Å². The van der Waals surface area contributed by atoms with Crippen molar-refractivity contribution in [2.75, 3.05) is 7.05 Å². The molecule has 2 nitrogen and oxygen atoms in total. The van der Waals surface area contributed by atoms with Gasteiger partial charge in [0.05, 0.1) is 6.10 Å². The molecule has 0 bridgehead atoms. The van der Waals surface area contributed by atoms with Crippen LogP contribution in [0, 0.1) is 0 Å². The lowest BCUT2D eigenvalue weighted by atomic mass is 10.0. The number of fused-ring (bicyclic) bond motifs is 1. The van der Waals surface area contributed by atoms with Crippen molar-refractivity contribution in [3.05, 3.63) is 42.0 Å². The second-order valence-electron chi connectivity index (χ2n) is 5.43. The zero-order valence-corrected chi connectivity index (χ0v) is 12.9. The van der Waals surface area contributed by atoms with Gasteiger partial charge in [-0.15, -0.1) is 0 Å². The zero-order chi connectivity index (χ0) is 14.5. The van der Waals surface area contributed by atoms with Crippen LogP contribution >= 0.6 is 0 Å². The van der Waals surface area contributed by atoms with Gasteiger partial charge in [-0.25, -0.2) is 0 Å². The van der Waals surface area contributed by atoms with Gasteiger partial charge < -0.3 is 10.1 Å². The van der Waals surface area contributed by atoms with Gasteiger partial charge in [-0.05, 0) is 32.7 Å². The molecule has 1 N–H and O–H groups in total. The summed E-state index contributed by atoms with van der Waals surface area (Å²) in [6.45, 7) is 6.51. The number of hydrogen-bond acceptors (Lipinski definition) is 2. The highest BCUT2D eigenvalue weighted by molar-refractivity contribution is 5.89. The van der Waals surface area contributed by atoms with Crippen LogP contribution < -0.4 is 10.1 Å². The summed E-state index contributed by atoms with van der Waals surface area (Å²) in [5.41, 5.74) is 1.23. The van der Waals surface area contributed by atoms with Crippen molar-refractivity contribution in [2.45, 2.75) is 45.8 Å². The molecule has 0 aliphatic rings. The summed E-state index contributed by atoms with van der Waals surface area (Å²) in [6.07, 6.45) is 2.47. The van der Waals surface area contributed by atoms with E-state index in [0.29, 0.717) is 0 Å². The summed E-state index contributed by atoms with van der Waals surface area (Å²) in [5, 5.41) is 5.75. The van der Waals surface area contributed by atoms with E-state index in [1.807, 2.05) is 7.05 Å². The van der Waals surface area contributed by atoms with Crippen LogP contribution in [0.25, 0.3) is 10.8 Å². The molecule has 0 amide bonds. The van der Waals surface area contributed by atoms with E-state index in [-0.39, 0.29) is 12.1 Å². The summed E-state index contributed by atoms with van der Waals surface area (Å²) in [5.74, 6) is 1.03. The van der Waals surface area contributed by atoms with Gasteiger partial charge in [0.15, 0.2) is 0 Å². The lowest BCUT2D eigenvalue weighted by Gasteiger charge is -2.22. The Kier molecular flexibility index (Phi) is 5.02. The summed E-state index contributed by atoms with van der Waals surface area (Å²) in [6, 6.07) is 13.1. The zero-order valence-electron chi connectivity index (χ0n) is 12.9. The number of benzene rings is 2. The molecule has 0 spiro atoms. The Morgan fingerprint density at radius 1 is 1.10 bits per heavy atom. The van der Waals surface area contributed by atoms with E-state index in [1.54, 1.807) is 0 Å². The van der Waals surface area contributed by atoms with Crippen molar-refractivity contribution in [1.82, 2.24) is 5.32 Å². The monoisotopic (exact) mass is 271 g/mol. The van der Waals surface area contributed by atoms with Crippen molar-refractivity contribution in [3.63, 3.8) is 0 Å². The van der Waals surface area contributed by atoms with Crippen LogP contribution in [0.3, 0.4) is 0 Å². The summed E-state index contributed by atoms with van der Waals surface area (Å²) < 4.78 is 6.28. The third-order valence-corrected chi connectivity index (χ3v) is 3.82. The van der Waals surface area contributed by atoms with Crippen LogP contribution in [-0.2, 0) is 0 Å². The fourth-order valence-corrected chi connectivity index (χ4v) is 2.55. The lowest BCUT2D eigenvalue weighted by molar-refractivity contribution is 0.209. The SMILES string of the molecule is CCCC(C)Oc1c(C(C)NC)ccc2ccccc12. The Morgan fingerprint density at radius 2 is 1.85 bits per heavy atom. The molecular weight excluding hydrogens is 246 g/mol. The lowest BCUT2D eigenvalue weighted by Crippen LogP contribution is -2.17. The molecule has 2 rings (SSSR count). The largest absolute Gasteiger partial charge is 0.490 e. The maximum absolute atomic E-state index is 6.28. The van der Waals surface area contributed by atoms with Crippen LogP contribution in [-0.4, -0.2) is 13.2 Å². The molecule has 2 aromatic rings. The average molecular weight is 271 g/mol. The van der Waals surface area contributed by atoms with Gasteiger partial charge in [0.2, 0.25) is 0 Å². The van der Waals surface area contributed by atoms with Crippen LogP contribution in [0.5, 0.6) is 5.75 Å². The Morgan fingerprint density at radius 3 is 2.55 bits per heavy atom. The minimum absolute atomic E-state index is 0.244. The molecule has 2 unspecified atom stereocenters. The molecule has 0 saturated heterocycles. The molecule has 108 valence electrons. The van der Waals surface area contributed by atoms with Gasteiger partial charge in [0.25, 0.3) is 0 Å². The third kappa shape index (κ3) is 3.13. The van der Waals surface area contributed by atoms with E-state index in [1.165, 1.54) is 16.3 Å². The average Bonchev–Trinajstić information content (AvgIpc) is 2.47. The van der Waals surface area contributed by atoms with Crippen molar-refractivity contribution in [2.24, 2.45) is 0 Å². The minimum atomic E-state index is 0.244. The number of ether oxygens (including phenoxy) is 1. The third-order valence-electron chi connectivity index (χ3n) is 3.82. The second kappa shape index (κ2) is 6.76. The van der Waals surface area contributed by atoms with Gasteiger partial charge >= 0.3 is 0 Å². The maximum atomic E-state index is 6.28. The summed E-state index contributed by atoms with van der Waals surface area (Å²) in [4.78, 5) is 0. The van der Waals surface area contributed by atoms with Gasteiger partial charge in [0, 0.05) is 17.0 Å². The van der Waals surface area contributed by atoms with E-state index in [4.69, 9.17) is 4.74 Å². The van der Waals surface area contributed by atoms with Gasteiger partial charge in [-0.3, -0.25) is 0 Å². The Labute approximate surface area is 122 Å². The van der Waals surface area contributed by atoms with Gasteiger partial charge in [-0.2, -0.15) is 0 Å². The molecule has 0 saturated carbocycles. The molecule has 2 atom stereocenters. The first-order chi connectivity index (χ1) is 9.67. The predicted octanol–water partition coefficient (Wildman–Crippen LogP) is 4.69. The van der Waals surface area contributed by atoms with Crippen LogP contribution in [0.4, 0.5) is 0 Å². The Balaban J connectivity index is 2.49. The van der Waals surface area contributed by atoms with Crippen molar-refractivity contribution < 1.29 is 4.74 Å². The maximum Gasteiger partial charge on any atom is 0.132 e. The van der Waals surface area contributed by atoms with Crippen LogP contribution in [0.15, 0.2) is 36.4 Å². The van der Waals surface area contributed by atoms with Crippen LogP contribution in [0.2, 0.25) is 0 Å². The Hall–Kier alpha value is -1.54. The first-order valence-corrected chi connectivity index (χ1v) is 7.53. The van der Waals surface area contributed by atoms with Crippen molar-refractivity contribution >= 4 is 10.8 Å². The molecule has 0 aliphatic carbocycles. The fraction of sp³-hybridized carbons (Fsp3) is 0.444. The normalized spacial score (nSPS) is 14.2. The van der Waals surface area contributed by atoms with E-state index in [0.717, 1.165) is 18.6 Å². The van der Waals surface area contributed by atoms with Crippen molar-refractivity contribution in [3.8, 4) is 5.75 Å². The molecule has 0 heterocycles. The highest BCUT2D eigenvalue weighted by Gasteiger charge is 2.15. The molecule has 2 heteroatoms. The number of nitrogens with one attached hydrogen (secondary N) is 1. The Bertz CT molecular complexity index is 564. The number of rotatable bonds is 6. The molecule has 0 aliphatic heterocycles. The fourth-order valence-electron chi connectivity index (χ4n) is 2.55. The molecule has 0 fully saturated rings. The highest BCUT2D eigenvalue weighted by atomic mass is 16.5. The second-order valence-corrected chi connectivity index (χ2v) is 5.43. The number of hydrogen-bond donors (Lipinski definition) is 1. The van der Waals surface area contributed by atoms with E-state index < -0.39 is 0 Å². The first-order valence-electron chi connectivity index (χ1n) is 7.53. The first kappa shape index (κ1) is 14.9. The predicted molar refractivity (Wildman–Crippen MR) is 86.4 cm³/mol. The topological polar surface area (TPSA) is 21.3 Å². The highest BCUT2D eigenvalue weighted by Crippen LogP contribution is 2.34. The van der Waals surface area contributed by atoms with Crippen molar-refractivity contribution in [1.29, 1.82) is 0 Å². The van der Waals surface area contributed by atoms with E-state index >= 15 is 0 Å². The quantitative estimate of drug-likeness (QED) is 0.823. The molecule has 20 heavy (non-hydrogen) atoms. The molecule has 2 aromatic carbocycles. The minimum Gasteiger partial charge on any atom is -0.490 e. The summed E-state index contributed by atoms with van der Waals surface area (Å²) in [7, 11) is 1.99. The molecule has 0 aromatic heterocycles. The standard InChI is InChI=1S/C18H25NO/c1-5-8-13(2)20-18-16(14(3)19-4)12-11-15-9-6-7-10-17(15)18/h6-7,9-14,19H,5,8H2,1-4H3. The van der Waals surface area contributed by atoms with Crippen LogP contribution in [0.1, 0.15) is 45.2 Å².